The van der Waals surface area contributed by atoms with Gasteiger partial charge in [-0.15, -0.1) is 0 Å². The molecule has 0 saturated carbocycles. The molecule has 168 valence electrons. The van der Waals surface area contributed by atoms with E-state index in [2.05, 4.69) is 26.8 Å². The molecule has 0 saturated heterocycles. The van der Waals surface area contributed by atoms with Crippen molar-refractivity contribution in [2.24, 2.45) is 0 Å². The molecule has 0 bridgehead atoms. The maximum atomic E-state index is 11.4. The van der Waals surface area contributed by atoms with Crippen molar-refractivity contribution in [3.05, 3.63) is 48.2 Å². The van der Waals surface area contributed by atoms with Gasteiger partial charge in [-0.25, -0.2) is 0 Å². The minimum atomic E-state index is -0.167. The number of aromatic amines is 1. The molecule has 0 unspecified atom stereocenters. The van der Waals surface area contributed by atoms with E-state index >= 15 is 0 Å². The number of fused-ring (bicyclic) bond motifs is 1. The van der Waals surface area contributed by atoms with E-state index < -0.39 is 0 Å². The number of ether oxygens (including phenoxy) is 3. The van der Waals surface area contributed by atoms with Crippen molar-refractivity contribution in [1.29, 1.82) is 5.26 Å². The third kappa shape index (κ3) is 3.99. The number of imidazole rings is 1. The molecule has 0 spiro atoms. The Morgan fingerprint density at radius 3 is 2.39 bits per heavy atom. The normalized spacial score (nSPS) is 10.5. The fourth-order valence-corrected chi connectivity index (χ4v) is 3.57. The summed E-state index contributed by atoms with van der Waals surface area (Å²) in [6.45, 7) is 1.45. The largest absolute Gasteiger partial charge is 0.493 e. The van der Waals surface area contributed by atoms with Crippen LogP contribution >= 0.6 is 0 Å². The summed E-state index contributed by atoms with van der Waals surface area (Å²) in [6, 6.07) is 13.0. The highest BCUT2D eigenvalue weighted by molar-refractivity contribution is 5.90. The summed E-state index contributed by atoms with van der Waals surface area (Å²) in [7, 11) is 4.63. The first-order valence-electron chi connectivity index (χ1n) is 9.94. The number of anilines is 3. The summed E-state index contributed by atoms with van der Waals surface area (Å²) in [5.74, 6) is 1.85. The van der Waals surface area contributed by atoms with Crippen LogP contribution in [0.2, 0.25) is 0 Å². The number of carbonyl (C=O) groups is 1. The first-order chi connectivity index (χ1) is 16.0. The number of aromatic nitrogens is 3. The molecule has 4 aromatic rings. The zero-order valence-corrected chi connectivity index (χ0v) is 18.5. The number of nitrogens with zero attached hydrogens (tertiary/aromatic N) is 3. The smallest absolute Gasteiger partial charge is 0.221 e. The van der Waals surface area contributed by atoms with Crippen LogP contribution < -0.4 is 24.8 Å². The van der Waals surface area contributed by atoms with Crippen LogP contribution in [0.4, 0.5) is 17.2 Å². The predicted molar refractivity (Wildman–Crippen MR) is 123 cm³/mol. The van der Waals surface area contributed by atoms with Crippen molar-refractivity contribution in [2.45, 2.75) is 6.92 Å². The van der Waals surface area contributed by atoms with Crippen molar-refractivity contribution in [1.82, 2.24) is 14.6 Å². The Morgan fingerprint density at radius 2 is 1.79 bits per heavy atom. The maximum Gasteiger partial charge on any atom is 0.221 e. The molecule has 2 aromatic heterocycles. The lowest BCUT2D eigenvalue weighted by molar-refractivity contribution is -0.114. The Morgan fingerprint density at radius 1 is 1.09 bits per heavy atom. The number of hydrogen-bond donors (Lipinski definition) is 3. The molecule has 0 atom stereocenters. The van der Waals surface area contributed by atoms with E-state index in [1.807, 2.05) is 12.1 Å². The molecule has 0 radical (unpaired) electrons. The summed E-state index contributed by atoms with van der Waals surface area (Å²) in [5, 5.41) is 20.0. The number of hydrogen-bond acceptors (Lipinski definition) is 7. The summed E-state index contributed by atoms with van der Waals surface area (Å²) >= 11 is 0. The van der Waals surface area contributed by atoms with Crippen LogP contribution in [0, 0.1) is 11.3 Å². The van der Waals surface area contributed by atoms with Gasteiger partial charge in [0, 0.05) is 23.9 Å². The molecule has 0 aliphatic heterocycles. The van der Waals surface area contributed by atoms with Gasteiger partial charge >= 0.3 is 0 Å². The van der Waals surface area contributed by atoms with Crippen molar-refractivity contribution in [2.75, 3.05) is 32.0 Å². The van der Waals surface area contributed by atoms with Crippen molar-refractivity contribution in [3.8, 4) is 34.6 Å². The maximum absolute atomic E-state index is 11.4. The lowest BCUT2D eigenvalue weighted by Gasteiger charge is -2.15. The molecular weight excluding hydrogens is 424 g/mol. The number of H-pyrrole nitrogens is 1. The highest BCUT2D eigenvalue weighted by atomic mass is 16.5. The van der Waals surface area contributed by atoms with Crippen LogP contribution in [0.5, 0.6) is 17.2 Å². The number of benzene rings is 2. The van der Waals surface area contributed by atoms with Gasteiger partial charge in [0.2, 0.25) is 11.7 Å². The Kier molecular flexibility index (Phi) is 5.78. The zero-order valence-electron chi connectivity index (χ0n) is 18.5. The minimum Gasteiger partial charge on any atom is -0.493 e. The molecule has 4 rings (SSSR count). The lowest BCUT2D eigenvalue weighted by Crippen LogP contribution is -2.06. The number of nitrogens with one attached hydrogen (secondary N) is 3. The Labute approximate surface area is 189 Å². The van der Waals surface area contributed by atoms with Crippen LogP contribution in [0.3, 0.4) is 0 Å². The fourth-order valence-electron chi connectivity index (χ4n) is 3.57. The lowest BCUT2D eigenvalue weighted by atomic mass is 10.1. The van der Waals surface area contributed by atoms with Crippen LogP contribution in [0.1, 0.15) is 12.5 Å². The van der Waals surface area contributed by atoms with E-state index in [1.54, 1.807) is 43.0 Å². The van der Waals surface area contributed by atoms with Crippen molar-refractivity contribution in [3.63, 3.8) is 0 Å². The highest BCUT2D eigenvalue weighted by Gasteiger charge is 2.21. The van der Waals surface area contributed by atoms with E-state index in [4.69, 9.17) is 14.2 Å². The summed E-state index contributed by atoms with van der Waals surface area (Å²) < 4.78 is 18.0. The van der Waals surface area contributed by atoms with Crippen LogP contribution in [-0.2, 0) is 4.79 Å². The fraction of sp³-hybridized carbons (Fsp3) is 0.174. The highest BCUT2D eigenvalue weighted by Crippen LogP contribution is 2.43. The first kappa shape index (κ1) is 21.6. The molecule has 3 N–H and O–H groups in total. The topological polar surface area (TPSA) is 126 Å². The average molecular weight is 446 g/mol. The van der Waals surface area contributed by atoms with Gasteiger partial charge in [0.1, 0.15) is 11.6 Å². The molecule has 2 aromatic carbocycles. The van der Waals surface area contributed by atoms with Crippen LogP contribution in [-0.4, -0.2) is 41.8 Å². The van der Waals surface area contributed by atoms with Crippen molar-refractivity contribution < 1.29 is 19.0 Å². The second-order valence-electron chi connectivity index (χ2n) is 7.08. The second-order valence-corrected chi connectivity index (χ2v) is 7.08. The number of rotatable bonds is 7. The van der Waals surface area contributed by atoms with E-state index in [-0.39, 0.29) is 5.91 Å². The molecule has 10 nitrogen and oxygen atoms in total. The van der Waals surface area contributed by atoms with Gasteiger partial charge in [-0.1, -0.05) is 6.07 Å². The molecule has 0 aliphatic rings. The van der Waals surface area contributed by atoms with Gasteiger partial charge in [-0.2, -0.15) is 14.9 Å². The predicted octanol–water partition coefficient (Wildman–Crippen LogP) is 3.93. The monoisotopic (exact) mass is 446 g/mol. The third-order valence-corrected chi connectivity index (χ3v) is 4.98. The number of carbonyl (C=O) groups excluding carboxylic acids is 1. The average Bonchev–Trinajstić information content (AvgIpc) is 3.37. The Balaban J connectivity index is 1.89. The van der Waals surface area contributed by atoms with Gasteiger partial charge in [0.15, 0.2) is 23.0 Å². The van der Waals surface area contributed by atoms with Gasteiger partial charge in [0.25, 0.3) is 0 Å². The quantitative estimate of drug-likeness (QED) is 0.393. The van der Waals surface area contributed by atoms with Gasteiger partial charge < -0.3 is 29.8 Å². The zero-order chi connectivity index (χ0) is 23.5. The van der Waals surface area contributed by atoms with Crippen LogP contribution in [0.25, 0.3) is 16.9 Å². The molecule has 2 heterocycles. The molecular formula is C23H22N6O4. The molecule has 10 heteroatoms. The standard InChI is InChI=1S/C23H22N6O4/c1-13(30)26-16-6-5-7-17(10-16)27-23-20(28-22-15(11-24)12-25-29(22)23)14-8-18(31-2)21(33-4)19(9-14)32-3/h5-10,12,27-28H,1-4H3,(H,26,30). The summed E-state index contributed by atoms with van der Waals surface area (Å²) in [4.78, 5) is 14.7. The van der Waals surface area contributed by atoms with Gasteiger partial charge in [0.05, 0.1) is 33.2 Å². The van der Waals surface area contributed by atoms with E-state index in [0.29, 0.717) is 51.3 Å². The number of amides is 1. The molecule has 0 aliphatic carbocycles. The first-order valence-corrected chi connectivity index (χ1v) is 9.94. The number of methoxy groups -OCH3 is 3. The number of nitriles is 1. The molecule has 0 fully saturated rings. The summed E-state index contributed by atoms with van der Waals surface area (Å²) in [5.41, 5.74) is 3.65. The van der Waals surface area contributed by atoms with Gasteiger partial charge in [-0.3, -0.25) is 4.79 Å². The molecule has 33 heavy (non-hydrogen) atoms. The Bertz CT molecular complexity index is 1360. The Hall–Kier alpha value is -4.65. The SMILES string of the molecule is COc1cc(-c2[nH]c3c(C#N)cnn3c2Nc2cccc(NC(C)=O)c2)cc(OC)c1OC. The molecule has 1 amide bonds. The van der Waals surface area contributed by atoms with Crippen LogP contribution in [0.15, 0.2) is 42.6 Å². The minimum absolute atomic E-state index is 0.167. The third-order valence-electron chi connectivity index (χ3n) is 4.98. The summed E-state index contributed by atoms with van der Waals surface area (Å²) in [6.07, 6.45) is 1.49. The van der Waals surface area contributed by atoms with Crippen molar-refractivity contribution >= 4 is 28.7 Å². The van der Waals surface area contributed by atoms with Gasteiger partial charge in [-0.05, 0) is 30.3 Å². The van der Waals surface area contributed by atoms with E-state index in [9.17, 15) is 10.1 Å². The van der Waals surface area contributed by atoms with E-state index in [1.165, 1.54) is 20.2 Å². The van der Waals surface area contributed by atoms with E-state index in [0.717, 1.165) is 5.56 Å². The second kappa shape index (κ2) is 8.84.